The van der Waals surface area contributed by atoms with Gasteiger partial charge in [0, 0.05) is 23.8 Å². The van der Waals surface area contributed by atoms with E-state index in [2.05, 4.69) is 24.0 Å². The first kappa shape index (κ1) is 14.0. The van der Waals surface area contributed by atoms with Crippen LogP contribution in [-0.4, -0.2) is 21.9 Å². The number of benzene rings is 1. The lowest BCUT2D eigenvalue weighted by atomic mass is 10.1. The third kappa shape index (κ3) is 3.19. The van der Waals surface area contributed by atoms with Crippen molar-refractivity contribution in [2.75, 3.05) is 12.5 Å². The van der Waals surface area contributed by atoms with Gasteiger partial charge < -0.3 is 9.14 Å². The largest absolute Gasteiger partial charge is 0.494 e. The molecule has 0 radical (unpaired) electrons. The molecule has 0 spiro atoms. The molecule has 0 saturated carbocycles. The fraction of sp³-hybridized carbons (Fsp3) is 0.235. The lowest BCUT2D eigenvalue weighted by Gasteiger charge is -2.05. The van der Waals surface area contributed by atoms with Crippen molar-refractivity contribution in [3.05, 3.63) is 54.4 Å². The third-order valence-electron chi connectivity index (χ3n) is 3.29. The van der Waals surface area contributed by atoms with Gasteiger partial charge in [0.1, 0.15) is 11.4 Å². The van der Waals surface area contributed by atoms with Gasteiger partial charge in [0.15, 0.2) is 0 Å². The summed E-state index contributed by atoms with van der Waals surface area (Å²) in [6, 6.07) is 12.2. The Morgan fingerprint density at radius 1 is 1.24 bits per heavy atom. The summed E-state index contributed by atoms with van der Waals surface area (Å²) >= 11 is 5.66. The first-order valence-electron chi connectivity index (χ1n) is 7.01. The molecule has 2 aromatic heterocycles. The van der Waals surface area contributed by atoms with Gasteiger partial charge in [-0.2, -0.15) is 0 Å². The molecular weight excluding hydrogens is 284 g/mol. The number of aryl methyl sites for hydroxylation is 1. The maximum Gasteiger partial charge on any atom is 0.137 e. The zero-order chi connectivity index (χ0) is 14.7. The number of hydrogen-bond donors (Lipinski definition) is 0. The van der Waals surface area contributed by atoms with Gasteiger partial charge >= 0.3 is 0 Å². The molecule has 108 valence electrons. The second-order valence-electron chi connectivity index (χ2n) is 5.01. The number of nitrogens with zero attached hydrogens (tertiary/aromatic N) is 2. The first-order chi connectivity index (χ1) is 10.3. The molecule has 4 heteroatoms. The van der Waals surface area contributed by atoms with Crippen LogP contribution in [0.3, 0.4) is 0 Å². The zero-order valence-electron chi connectivity index (χ0n) is 11.9. The standard InChI is InChI=1S/C17H17ClN2O/c1-13-6-8-20-12-16(19-17(20)10-13)14-4-2-5-15(11-14)21-9-3-7-18/h2,4-6,8,10-12H,3,7,9H2,1H3. The first-order valence-corrected chi connectivity index (χ1v) is 7.54. The van der Waals surface area contributed by atoms with E-state index >= 15 is 0 Å². The van der Waals surface area contributed by atoms with Crippen LogP contribution >= 0.6 is 11.6 Å². The van der Waals surface area contributed by atoms with E-state index in [1.54, 1.807) is 0 Å². The highest BCUT2D eigenvalue weighted by atomic mass is 35.5. The molecule has 0 bridgehead atoms. The van der Waals surface area contributed by atoms with Gasteiger partial charge in [0.05, 0.1) is 12.3 Å². The summed E-state index contributed by atoms with van der Waals surface area (Å²) in [5, 5.41) is 0. The molecule has 0 unspecified atom stereocenters. The van der Waals surface area contributed by atoms with Gasteiger partial charge in [-0.3, -0.25) is 0 Å². The summed E-state index contributed by atoms with van der Waals surface area (Å²) in [6.45, 7) is 2.71. The fourth-order valence-corrected chi connectivity index (χ4v) is 2.32. The Morgan fingerprint density at radius 2 is 2.14 bits per heavy atom. The summed E-state index contributed by atoms with van der Waals surface area (Å²) in [4.78, 5) is 4.67. The molecular formula is C17H17ClN2O. The highest BCUT2D eigenvalue weighted by molar-refractivity contribution is 6.17. The van der Waals surface area contributed by atoms with Gasteiger partial charge in [0.2, 0.25) is 0 Å². The average Bonchev–Trinajstić information content (AvgIpc) is 2.91. The fourth-order valence-electron chi connectivity index (χ4n) is 2.21. The molecule has 3 rings (SSSR count). The molecule has 0 aliphatic heterocycles. The van der Waals surface area contributed by atoms with E-state index in [9.17, 15) is 0 Å². The molecule has 21 heavy (non-hydrogen) atoms. The predicted molar refractivity (Wildman–Crippen MR) is 86.2 cm³/mol. The number of fused-ring (bicyclic) bond motifs is 1. The minimum atomic E-state index is 0.617. The molecule has 0 aliphatic rings. The van der Waals surface area contributed by atoms with E-state index < -0.39 is 0 Å². The van der Waals surface area contributed by atoms with Crippen LogP contribution in [0.5, 0.6) is 5.75 Å². The van der Waals surface area contributed by atoms with Crippen molar-refractivity contribution >= 4 is 17.2 Å². The van der Waals surface area contributed by atoms with Crippen molar-refractivity contribution in [2.45, 2.75) is 13.3 Å². The summed E-state index contributed by atoms with van der Waals surface area (Å²) in [6.07, 6.45) is 4.91. The van der Waals surface area contributed by atoms with Crippen molar-refractivity contribution in [3.63, 3.8) is 0 Å². The van der Waals surface area contributed by atoms with E-state index in [-0.39, 0.29) is 0 Å². The molecule has 0 N–H and O–H groups in total. The highest BCUT2D eigenvalue weighted by Crippen LogP contribution is 2.24. The van der Waals surface area contributed by atoms with E-state index in [0.29, 0.717) is 12.5 Å². The van der Waals surface area contributed by atoms with Crippen molar-refractivity contribution in [1.29, 1.82) is 0 Å². The molecule has 0 saturated heterocycles. The minimum Gasteiger partial charge on any atom is -0.494 e. The molecule has 0 amide bonds. The number of aromatic nitrogens is 2. The Bertz CT molecular complexity index is 751. The molecule has 0 atom stereocenters. The molecule has 3 nitrogen and oxygen atoms in total. The predicted octanol–water partition coefficient (Wildman–Crippen LogP) is 4.32. The number of pyridine rings is 1. The monoisotopic (exact) mass is 300 g/mol. The summed E-state index contributed by atoms with van der Waals surface area (Å²) in [5.41, 5.74) is 4.17. The Balaban J connectivity index is 1.89. The van der Waals surface area contributed by atoms with Gasteiger partial charge in [-0.1, -0.05) is 12.1 Å². The summed E-state index contributed by atoms with van der Waals surface area (Å²) < 4.78 is 7.71. The zero-order valence-corrected chi connectivity index (χ0v) is 12.7. The van der Waals surface area contributed by atoms with Gasteiger partial charge in [0.25, 0.3) is 0 Å². The van der Waals surface area contributed by atoms with Crippen LogP contribution in [0, 0.1) is 6.92 Å². The Morgan fingerprint density at radius 3 is 3.00 bits per heavy atom. The van der Waals surface area contributed by atoms with Crippen molar-refractivity contribution in [1.82, 2.24) is 9.38 Å². The smallest absolute Gasteiger partial charge is 0.137 e. The topological polar surface area (TPSA) is 26.5 Å². The van der Waals surface area contributed by atoms with Crippen LogP contribution in [0.15, 0.2) is 48.8 Å². The number of halogens is 1. The second kappa shape index (κ2) is 6.19. The van der Waals surface area contributed by atoms with Crippen LogP contribution in [0.1, 0.15) is 12.0 Å². The molecule has 1 aromatic carbocycles. The highest BCUT2D eigenvalue weighted by Gasteiger charge is 2.05. The van der Waals surface area contributed by atoms with E-state index in [4.69, 9.17) is 16.3 Å². The lowest BCUT2D eigenvalue weighted by molar-refractivity contribution is 0.318. The number of rotatable bonds is 5. The number of imidazole rings is 1. The SMILES string of the molecule is Cc1ccn2cc(-c3cccc(OCCCCl)c3)nc2c1. The molecule has 0 aliphatic carbocycles. The minimum absolute atomic E-state index is 0.617. The quantitative estimate of drug-likeness (QED) is 0.518. The van der Waals surface area contributed by atoms with Crippen LogP contribution in [0.4, 0.5) is 0 Å². The number of ether oxygens (including phenoxy) is 1. The van der Waals surface area contributed by atoms with Crippen LogP contribution in [0.2, 0.25) is 0 Å². The number of hydrogen-bond acceptors (Lipinski definition) is 2. The van der Waals surface area contributed by atoms with E-state index in [1.165, 1.54) is 5.56 Å². The summed E-state index contributed by atoms with van der Waals surface area (Å²) in [7, 11) is 0. The van der Waals surface area contributed by atoms with E-state index in [1.807, 2.05) is 41.1 Å². The van der Waals surface area contributed by atoms with Crippen molar-refractivity contribution < 1.29 is 4.74 Å². The van der Waals surface area contributed by atoms with Crippen LogP contribution in [0.25, 0.3) is 16.9 Å². The Kier molecular flexibility index (Phi) is 4.11. The third-order valence-corrected chi connectivity index (χ3v) is 3.56. The molecule has 0 fully saturated rings. The maximum absolute atomic E-state index is 5.68. The van der Waals surface area contributed by atoms with Crippen LogP contribution < -0.4 is 4.74 Å². The maximum atomic E-state index is 5.68. The average molecular weight is 301 g/mol. The molecule has 3 aromatic rings. The Hall–Kier alpha value is -2.00. The normalized spacial score (nSPS) is 11.0. The van der Waals surface area contributed by atoms with Gasteiger partial charge in [-0.05, 0) is 43.2 Å². The summed E-state index contributed by atoms with van der Waals surface area (Å²) in [5.74, 6) is 1.47. The van der Waals surface area contributed by atoms with Crippen LogP contribution in [-0.2, 0) is 0 Å². The Labute approximate surface area is 129 Å². The molecule has 2 heterocycles. The van der Waals surface area contributed by atoms with Crippen molar-refractivity contribution in [2.24, 2.45) is 0 Å². The van der Waals surface area contributed by atoms with Gasteiger partial charge in [-0.15, -0.1) is 11.6 Å². The van der Waals surface area contributed by atoms with Gasteiger partial charge in [-0.25, -0.2) is 4.98 Å². The second-order valence-corrected chi connectivity index (χ2v) is 5.39. The van der Waals surface area contributed by atoms with E-state index in [0.717, 1.165) is 29.1 Å². The lowest BCUT2D eigenvalue weighted by Crippen LogP contribution is -1.97. The number of alkyl halides is 1. The van der Waals surface area contributed by atoms with Crippen molar-refractivity contribution in [3.8, 4) is 17.0 Å².